The summed E-state index contributed by atoms with van der Waals surface area (Å²) in [6.45, 7) is 0.596. The fraction of sp³-hybridized carbons (Fsp3) is 0.138. The van der Waals surface area contributed by atoms with Crippen LogP contribution in [0.15, 0.2) is 84.9 Å². The monoisotopic (exact) mass is 511 g/mol. The van der Waals surface area contributed by atoms with Crippen molar-refractivity contribution in [3.63, 3.8) is 0 Å². The van der Waals surface area contributed by atoms with E-state index in [0.29, 0.717) is 18.1 Å². The molecular weight excluding hydrogens is 489 g/mol. The summed E-state index contributed by atoms with van der Waals surface area (Å²) in [4.78, 5) is 0. The van der Waals surface area contributed by atoms with Crippen LogP contribution in [0, 0.1) is 5.82 Å². The molecule has 0 radical (unpaired) electrons. The molecule has 1 unspecified atom stereocenters. The first-order valence-corrected chi connectivity index (χ1v) is 12.5. The summed E-state index contributed by atoms with van der Waals surface area (Å²) < 4.78 is 20.6. The summed E-state index contributed by atoms with van der Waals surface area (Å²) in [6.07, 6.45) is 1.86. The molecule has 37 heavy (non-hydrogen) atoms. The standard InChI is InChI=1S/C29H23ClFN5O/c30-25-13-12-20(17-26(25)31)32-27-16-19(22-9-4-5-10-23(22)29-33-35-36-34-29)15-24-21(11-6-14-37-28(24)27)18-7-2-1-3-8-18/h1-5,7-10,12-13,15-17,21,32H,6,11,14H2,(H,33,34,35,36). The fourth-order valence-corrected chi connectivity index (χ4v) is 5.02. The van der Waals surface area contributed by atoms with Crippen molar-refractivity contribution in [2.75, 3.05) is 11.9 Å². The fourth-order valence-electron chi connectivity index (χ4n) is 4.90. The van der Waals surface area contributed by atoms with Gasteiger partial charge in [0, 0.05) is 22.7 Å². The highest BCUT2D eigenvalue weighted by Gasteiger charge is 2.26. The number of hydrogen-bond donors (Lipinski definition) is 2. The van der Waals surface area contributed by atoms with E-state index in [1.54, 1.807) is 12.1 Å². The zero-order valence-electron chi connectivity index (χ0n) is 19.8. The molecule has 184 valence electrons. The van der Waals surface area contributed by atoms with Crippen molar-refractivity contribution in [2.45, 2.75) is 18.8 Å². The van der Waals surface area contributed by atoms with Crippen LogP contribution in [0.5, 0.6) is 5.75 Å². The Balaban J connectivity index is 1.56. The Morgan fingerprint density at radius 3 is 2.54 bits per heavy atom. The molecule has 2 N–H and O–H groups in total. The minimum absolute atomic E-state index is 0.0764. The van der Waals surface area contributed by atoms with Gasteiger partial charge in [-0.1, -0.05) is 66.2 Å². The predicted octanol–water partition coefficient (Wildman–Crippen LogP) is 7.37. The zero-order chi connectivity index (χ0) is 25.2. The number of nitrogens with one attached hydrogen (secondary N) is 2. The van der Waals surface area contributed by atoms with Crippen LogP contribution in [-0.2, 0) is 0 Å². The number of benzene rings is 4. The summed E-state index contributed by atoms with van der Waals surface area (Å²) in [5, 5.41) is 18.2. The molecule has 1 aliphatic heterocycles. The molecule has 1 aliphatic rings. The highest BCUT2D eigenvalue weighted by Crippen LogP contribution is 2.46. The number of anilines is 2. The maximum absolute atomic E-state index is 14.3. The van der Waals surface area contributed by atoms with Crippen molar-refractivity contribution in [1.29, 1.82) is 0 Å². The molecule has 0 saturated heterocycles. The molecule has 2 heterocycles. The van der Waals surface area contributed by atoms with Gasteiger partial charge in [0.2, 0.25) is 5.82 Å². The van der Waals surface area contributed by atoms with E-state index < -0.39 is 5.82 Å². The van der Waals surface area contributed by atoms with Crippen molar-refractivity contribution in [1.82, 2.24) is 20.6 Å². The number of aromatic amines is 1. The molecule has 1 atom stereocenters. The Morgan fingerprint density at radius 1 is 0.946 bits per heavy atom. The number of nitrogens with zero attached hydrogens (tertiary/aromatic N) is 3. The quantitative estimate of drug-likeness (QED) is 0.257. The highest BCUT2D eigenvalue weighted by molar-refractivity contribution is 6.30. The maximum Gasteiger partial charge on any atom is 0.205 e. The van der Waals surface area contributed by atoms with Crippen LogP contribution in [0.2, 0.25) is 5.02 Å². The summed E-state index contributed by atoms with van der Waals surface area (Å²) in [5.41, 5.74) is 6.39. The molecule has 6 rings (SSSR count). The number of ether oxygens (including phenoxy) is 1. The first-order chi connectivity index (χ1) is 18.2. The van der Waals surface area contributed by atoms with Crippen LogP contribution in [0.3, 0.4) is 0 Å². The van der Waals surface area contributed by atoms with E-state index in [-0.39, 0.29) is 10.9 Å². The Hall–Kier alpha value is -4.23. The number of halogens is 2. The highest BCUT2D eigenvalue weighted by atomic mass is 35.5. The number of fused-ring (bicyclic) bond motifs is 1. The van der Waals surface area contributed by atoms with E-state index in [4.69, 9.17) is 16.3 Å². The van der Waals surface area contributed by atoms with Crippen molar-refractivity contribution < 1.29 is 9.13 Å². The number of rotatable bonds is 5. The first-order valence-electron chi connectivity index (χ1n) is 12.1. The van der Waals surface area contributed by atoms with E-state index in [0.717, 1.165) is 46.5 Å². The average molecular weight is 512 g/mol. The Labute approximate surface area is 218 Å². The third-order valence-electron chi connectivity index (χ3n) is 6.60. The molecule has 0 saturated carbocycles. The first kappa shape index (κ1) is 23.2. The topological polar surface area (TPSA) is 75.7 Å². The van der Waals surface area contributed by atoms with E-state index >= 15 is 0 Å². The van der Waals surface area contributed by atoms with Crippen molar-refractivity contribution in [2.24, 2.45) is 0 Å². The molecule has 5 aromatic rings. The summed E-state index contributed by atoms with van der Waals surface area (Å²) in [7, 11) is 0. The van der Waals surface area contributed by atoms with E-state index in [9.17, 15) is 4.39 Å². The van der Waals surface area contributed by atoms with Crippen LogP contribution in [0.4, 0.5) is 15.8 Å². The molecule has 4 aromatic carbocycles. The van der Waals surface area contributed by atoms with E-state index in [1.165, 1.54) is 11.6 Å². The second-order valence-corrected chi connectivity index (χ2v) is 9.34. The van der Waals surface area contributed by atoms with Crippen molar-refractivity contribution in [3.05, 3.63) is 107 Å². The molecule has 1 aromatic heterocycles. The van der Waals surface area contributed by atoms with Gasteiger partial charge < -0.3 is 10.1 Å². The van der Waals surface area contributed by atoms with Gasteiger partial charge in [-0.2, -0.15) is 5.21 Å². The van der Waals surface area contributed by atoms with Crippen LogP contribution >= 0.6 is 11.6 Å². The third-order valence-corrected chi connectivity index (χ3v) is 6.91. The van der Waals surface area contributed by atoms with Gasteiger partial charge >= 0.3 is 0 Å². The molecule has 0 amide bonds. The minimum Gasteiger partial charge on any atom is -0.491 e. The smallest absolute Gasteiger partial charge is 0.205 e. The van der Waals surface area contributed by atoms with Crippen LogP contribution in [0.25, 0.3) is 22.5 Å². The second kappa shape index (κ2) is 10.0. The number of aromatic nitrogens is 4. The molecule has 0 spiro atoms. The maximum atomic E-state index is 14.3. The van der Waals surface area contributed by atoms with Crippen molar-refractivity contribution >= 4 is 23.0 Å². The molecule has 0 bridgehead atoms. The van der Waals surface area contributed by atoms with Crippen LogP contribution in [0.1, 0.15) is 29.9 Å². The van der Waals surface area contributed by atoms with Crippen molar-refractivity contribution in [3.8, 4) is 28.3 Å². The minimum atomic E-state index is -0.487. The van der Waals surface area contributed by atoms with Gasteiger partial charge in [0.25, 0.3) is 0 Å². The lowest BCUT2D eigenvalue weighted by molar-refractivity contribution is 0.318. The zero-order valence-corrected chi connectivity index (χ0v) is 20.5. The molecular formula is C29H23ClFN5O. The molecule has 0 aliphatic carbocycles. The third kappa shape index (κ3) is 4.66. The molecule has 6 nitrogen and oxygen atoms in total. The number of tetrazole rings is 1. The van der Waals surface area contributed by atoms with Crippen LogP contribution in [-0.4, -0.2) is 27.2 Å². The Morgan fingerprint density at radius 2 is 1.76 bits per heavy atom. The van der Waals surface area contributed by atoms with Gasteiger partial charge in [0.05, 0.1) is 17.3 Å². The summed E-state index contributed by atoms with van der Waals surface area (Å²) in [6, 6.07) is 27.3. The Kier molecular flexibility index (Phi) is 6.28. The lowest BCUT2D eigenvalue weighted by atomic mass is 9.85. The number of H-pyrrole nitrogens is 1. The Bertz CT molecular complexity index is 1540. The molecule has 0 fully saturated rings. The average Bonchev–Trinajstić information content (AvgIpc) is 3.38. The van der Waals surface area contributed by atoms with Gasteiger partial charge in [-0.25, -0.2) is 4.39 Å². The lowest BCUT2D eigenvalue weighted by Crippen LogP contribution is -2.04. The number of hydrogen-bond acceptors (Lipinski definition) is 5. The van der Waals surface area contributed by atoms with Gasteiger partial charge in [0.15, 0.2) is 0 Å². The van der Waals surface area contributed by atoms with Gasteiger partial charge in [0.1, 0.15) is 11.6 Å². The molecule has 8 heteroatoms. The van der Waals surface area contributed by atoms with Gasteiger partial charge in [-0.15, -0.1) is 10.2 Å². The normalized spacial score (nSPS) is 14.9. The second-order valence-electron chi connectivity index (χ2n) is 8.93. The predicted molar refractivity (Wildman–Crippen MR) is 143 cm³/mol. The van der Waals surface area contributed by atoms with E-state index in [1.807, 2.05) is 36.4 Å². The summed E-state index contributed by atoms with van der Waals surface area (Å²) in [5.74, 6) is 0.927. The summed E-state index contributed by atoms with van der Waals surface area (Å²) >= 11 is 5.93. The van der Waals surface area contributed by atoms with Crippen LogP contribution < -0.4 is 10.1 Å². The van der Waals surface area contributed by atoms with Gasteiger partial charge in [-0.05, 0) is 65.1 Å². The lowest BCUT2D eigenvalue weighted by Gasteiger charge is -2.22. The largest absolute Gasteiger partial charge is 0.491 e. The van der Waals surface area contributed by atoms with Gasteiger partial charge in [-0.3, -0.25) is 0 Å². The SMILES string of the molecule is Fc1cc(Nc2cc(-c3ccccc3-c3nn[nH]n3)cc3c2OCCCC3c2ccccc2)ccc1Cl. The van der Waals surface area contributed by atoms with E-state index in [2.05, 4.69) is 56.3 Å².